The molecule has 1 amide bonds. The number of oxazole rings is 1. The van der Waals surface area contributed by atoms with Crippen LogP contribution in [0.3, 0.4) is 0 Å². The van der Waals surface area contributed by atoms with E-state index in [0.29, 0.717) is 10.7 Å². The van der Waals surface area contributed by atoms with Crippen LogP contribution in [0, 0.1) is 13.8 Å². The van der Waals surface area contributed by atoms with E-state index in [2.05, 4.69) is 35.3 Å². The molecule has 0 atom stereocenters. The number of pyridine rings is 1. The van der Waals surface area contributed by atoms with Crippen molar-refractivity contribution in [3.63, 3.8) is 0 Å². The van der Waals surface area contributed by atoms with E-state index in [1.54, 1.807) is 17.8 Å². The van der Waals surface area contributed by atoms with Crippen molar-refractivity contribution in [1.29, 1.82) is 0 Å². The van der Waals surface area contributed by atoms with Gasteiger partial charge < -0.3 is 9.32 Å². The van der Waals surface area contributed by atoms with Crippen molar-refractivity contribution in [2.45, 2.75) is 20.4 Å². The monoisotopic (exact) mass is 399 g/mol. The Morgan fingerprint density at radius 2 is 2.07 bits per heavy atom. The fourth-order valence-corrected chi connectivity index (χ4v) is 3.48. The maximum Gasteiger partial charge on any atom is 0.259 e. The average Bonchev–Trinajstić information content (AvgIpc) is 3.32. The van der Waals surface area contributed by atoms with E-state index in [1.165, 1.54) is 11.3 Å². The molecule has 1 aliphatic rings. The highest BCUT2D eigenvalue weighted by Gasteiger charge is 2.20. The van der Waals surface area contributed by atoms with Crippen LogP contribution in [-0.4, -0.2) is 57.2 Å². The molecule has 9 nitrogen and oxygen atoms in total. The van der Waals surface area contributed by atoms with Gasteiger partial charge in [-0.3, -0.25) is 15.0 Å². The fraction of sp³-hybridized carbons (Fsp3) is 0.389. The summed E-state index contributed by atoms with van der Waals surface area (Å²) in [6.45, 7) is 8.16. The van der Waals surface area contributed by atoms with Gasteiger partial charge in [-0.15, -0.1) is 10.2 Å². The summed E-state index contributed by atoms with van der Waals surface area (Å²) in [5, 5.41) is 10.7. The van der Waals surface area contributed by atoms with Crippen molar-refractivity contribution >= 4 is 28.2 Å². The standard InChI is InChI=1S/C18H21N7O2S/c1-12-13(2)27-16(21-12)10-24-5-7-25(8-6-24)15-4-3-14(9-19-15)17(26)22-18-23-20-11-28-18/h3-4,9,11H,5-8,10H2,1-2H3,(H,22,23,26). The number of carbonyl (C=O) groups is 1. The van der Waals surface area contributed by atoms with E-state index >= 15 is 0 Å². The molecule has 1 saturated heterocycles. The van der Waals surface area contributed by atoms with Crippen molar-refractivity contribution in [3.8, 4) is 0 Å². The number of nitrogens with one attached hydrogen (secondary N) is 1. The van der Waals surface area contributed by atoms with E-state index in [9.17, 15) is 4.79 Å². The van der Waals surface area contributed by atoms with Crippen LogP contribution in [0.2, 0.25) is 0 Å². The molecule has 0 saturated carbocycles. The third-order valence-electron chi connectivity index (χ3n) is 4.72. The van der Waals surface area contributed by atoms with Crippen LogP contribution in [-0.2, 0) is 6.54 Å². The molecule has 0 spiro atoms. The smallest absolute Gasteiger partial charge is 0.259 e. The molecular formula is C18H21N7O2S. The Labute approximate surface area is 166 Å². The molecule has 0 unspecified atom stereocenters. The lowest BCUT2D eigenvalue weighted by atomic mass is 10.2. The summed E-state index contributed by atoms with van der Waals surface area (Å²) >= 11 is 1.28. The van der Waals surface area contributed by atoms with Gasteiger partial charge in [0.15, 0.2) is 0 Å². The third kappa shape index (κ3) is 4.18. The largest absolute Gasteiger partial charge is 0.444 e. The van der Waals surface area contributed by atoms with Gasteiger partial charge >= 0.3 is 0 Å². The molecule has 0 bridgehead atoms. The maximum absolute atomic E-state index is 12.2. The number of rotatable bonds is 5. The highest BCUT2D eigenvalue weighted by atomic mass is 32.1. The molecule has 28 heavy (non-hydrogen) atoms. The van der Waals surface area contributed by atoms with Gasteiger partial charge in [0.2, 0.25) is 11.0 Å². The second-order valence-corrected chi connectivity index (χ2v) is 7.45. The predicted octanol–water partition coefficient (Wildman–Crippen LogP) is 2.11. The molecule has 3 aromatic rings. The minimum Gasteiger partial charge on any atom is -0.444 e. The summed E-state index contributed by atoms with van der Waals surface area (Å²) in [7, 11) is 0. The summed E-state index contributed by atoms with van der Waals surface area (Å²) in [5.41, 5.74) is 3.02. The van der Waals surface area contributed by atoms with Crippen molar-refractivity contribution < 1.29 is 9.21 Å². The Morgan fingerprint density at radius 3 is 2.68 bits per heavy atom. The van der Waals surface area contributed by atoms with E-state index in [1.807, 2.05) is 19.9 Å². The third-order valence-corrected chi connectivity index (χ3v) is 5.33. The average molecular weight is 399 g/mol. The van der Waals surface area contributed by atoms with Gasteiger partial charge in [0.05, 0.1) is 17.8 Å². The maximum atomic E-state index is 12.2. The predicted molar refractivity (Wildman–Crippen MR) is 106 cm³/mol. The number of hydrogen-bond acceptors (Lipinski definition) is 9. The Bertz CT molecular complexity index is 912. The molecule has 1 N–H and O–H groups in total. The molecule has 0 radical (unpaired) electrons. The normalized spacial score (nSPS) is 15.0. The van der Waals surface area contributed by atoms with Gasteiger partial charge in [-0.05, 0) is 26.0 Å². The van der Waals surface area contributed by atoms with Gasteiger partial charge in [0.1, 0.15) is 17.1 Å². The molecule has 1 aliphatic heterocycles. The van der Waals surface area contributed by atoms with Gasteiger partial charge in [-0.25, -0.2) is 9.97 Å². The zero-order valence-electron chi connectivity index (χ0n) is 15.8. The minimum atomic E-state index is -0.239. The molecule has 0 aliphatic carbocycles. The first-order valence-electron chi connectivity index (χ1n) is 9.02. The number of amides is 1. The molecule has 1 fully saturated rings. The molecule has 4 rings (SSSR count). The first-order chi connectivity index (χ1) is 13.6. The number of aryl methyl sites for hydroxylation is 2. The van der Waals surface area contributed by atoms with Crippen LogP contribution in [0.4, 0.5) is 10.9 Å². The van der Waals surface area contributed by atoms with Gasteiger partial charge in [-0.2, -0.15) is 0 Å². The first kappa shape index (κ1) is 18.5. The molecule has 10 heteroatoms. The molecule has 146 valence electrons. The van der Waals surface area contributed by atoms with Crippen LogP contribution in [0.15, 0.2) is 28.3 Å². The van der Waals surface area contributed by atoms with Crippen LogP contribution >= 0.6 is 11.3 Å². The molecule has 3 aromatic heterocycles. The van der Waals surface area contributed by atoms with Gasteiger partial charge in [0.25, 0.3) is 5.91 Å². The van der Waals surface area contributed by atoms with Crippen LogP contribution in [0.1, 0.15) is 27.7 Å². The number of piperazine rings is 1. The van der Waals surface area contributed by atoms with Crippen LogP contribution < -0.4 is 10.2 Å². The van der Waals surface area contributed by atoms with Crippen molar-refractivity contribution in [2.24, 2.45) is 0 Å². The molecular weight excluding hydrogens is 378 g/mol. The van der Waals surface area contributed by atoms with Crippen LogP contribution in [0.5, 0.6) is 0 Å². The quantitative estimate of drug-likeness (QED) is 0.696. The number of aromatic nitrogens is 4. The second kappa shape index (κ2) is 8.03. The Hall–Kier alpha value is -2.85. The summed E-state index contributed by atoms with van der Waals surface area (Å²) in [6, 6.07) is 3.66. The van der Waals surface area contributed by atoms with Crippen LogP contribution in [0.25, 0.3) is 0 Å². The van der Waals surface area contributed by atoms with E-state index in [0.717, 1.165) is 55.9 Å². The summed E-state index contributed by atoms with van der Waals surface area (Å²) in [4.78, 5) is 25.7. The van der Waals surface area contributed by atoms with Gasteiger partial charge in [-0.1, -0.05) is 11.3 Å². The van der Waals surface area contributed by atoms with E-state index in [-0.39, 0.29) is 5.91 Å². The van der Waals surface area contributed by atoms with Crippen molar-refractivity contribution in [3.05, 3.63) is 46.7 Å². The zero-order valence-corrected chi connectivity index (χ0v) is 16.6. The van der Waals surface area contributed by atoms with Gasteiger partial charge in [0, 0.05) is 32.4 Å². The Kier molecular flexibility index (Phi) is 5.31. The summed E-state index contributed by atoms with van der Waals surface area (Å²) in [5.74, 6) is 2.28. The number of carbonyl (C=O) groups excluding carboxylic acids is 1. The highest BCUT2D eigenvalue weighted by Crippen LogP contribution is 2.17. The lowest BCUT2D eigenvalue weighted by Crippen LogP contribution is -2.46. The summed E-state index contributed by atoms with van der Waals surface area (Å²) < 4.78 is 5.68. The number of nitrogens with zero attached hydrogens (tertiary/aromatic N) is 6. The number of hydrogen-bond donors (Lipinski definition) is 1. The molecule has 0 aromatic carbocycles. The second-order valence-electron chi connectivity index (χ2n) is 6.62. The minimum absolute atomic E-state index is 0.239. The zero-order chi connectivity index (χ0) is 19.5. The van der Waals surface area contributed by atoms with Crippen molar-refractivity contribution in [1.82, 2.24) is 25.1 Å². The lowest BCUT2D eigenvalue weighted by molar-refractivity contribution is 0.102. The van der Waals surface area contributed by atoms with E-state index in [4.69, 9.17) is 4.42 Å². The molecule has 4 heterocycles. The topological polar surface area (TPSA) is 100 Å². The fourth-order valence-electron chi connectivity index (χ4n) is 3.04. The SMILES string of the molecule is Cc1nc(CN2CCN(c3ccc(C(=O)Nc4nncs4)cn3)CC2)oc1C. The van der Waals surface area contributed by atoms with E-state index < -0.39 is 0 Å². The Morgan fingerprint density at radius 1 is 1.25 bits per heavy atom. The number of anilines is 2. The highest BCUT2D eigenvalue weighted by molar-refractivity contribution is 7.13. The lowest BCUT2D eigenvalue weighted by Gasteiger charge is -2.34. The summed E-state index contributed by atoms with van der Waals surface area (Å²) in [6.07, 6.45) is 1.59. The first-order valence-corrected chi connectivity index (χ1v) is 9.90. The van der Waals surface area contributed by atoms with Crippen molar-refractivity contribution in [2.75, 3.05) is 36.4 Å². The Balaban J connectivity index is 1.31.